The van der Waals surface area contributed by atoms with Gasteiger partial charge in [0.2, 0.25) is 0 Å². The molecule has 3 aromatic rings. The van der Waals surface area contributed by atoms with Crippen molar-refractivity contribution in [2.75, 3.05) is 6.61 Å². The van der Waals surface area contributed by atoms with Gasteiger partial charge in [-0.2, -0.15) is 8.42 Å². The van der Waals surface area contributed by atoms with E-state index in [1.807, 2.05) is 6.92 Å². The third kappa shape index (κ3) is 5.92. The van der Waals surface area contributed by atoms with Crippen LogP contribution in [0, 0.1) is 6.92 Å². The number of imide groups is 1. The first kappa shape index (κ1) is 25.8. The second-order valence-electron chi connectivity index (χ2n) is 7.88. The summed E-state index contributed by atoms with van der Waals surface area (Å²) < 4.78 is 36.4. The number of rotatable bonds is 8. The molecule has 3 aromatic carbocycles. The van der Waals surface area contributed by atoms with Crippen LogP contribution in [-0.4, -0.2) is 31.1 Å². The fraction of sp³-hybridized carbons (Fsp3) is 0.154. The van der Waals surface area contributed by atoms with Crippen molar-refractivity contribution in [3.8, 4) is 11.5 Å². The van der Waals surface area contributed by atoms with E-state index in [9.17, 15) is 18.0 Å². The Balaban J connectivity index is 1.56. The molecule has 2 amide bonds. The summed E-state index contributed by atoms with van der Waals surface area (Å²) in [6.07, 6.45) is 1.56. The maximum Gasteiger partial charge on any atom is 0.339 e. The third-order valence-electron chi connectivity index (χ3n) is 5.20. The van der Waals surface area contributed by atoms with Crippen LogP contribution < -0.4 is 8.92 Å². The molecule has 0 unspecified atom stereocenters. The predicted molar refractivity (Wildman–Crippen MR) is 140 cm³/mol. The van der Waals surface area contributed by atoms with Gasteiger partial charge in [-0.15, -0.1) is 0 Å². The molecule has 1 fully saturated rings. The van der Waals surface area contributed by atoms with Gasteiger partial charge < -0.3 is 8.92 Å². The summed E-state index contributed by atoms with van der Waals surface area (Å²) in [7, 11) is -4.08. The highest BCUT2D eigenvalue weighted by Crippen LogP contribution is 2.36. The summed E-state index contributed by atoms with van der Waals surface area (Å²) in [5.41, 5.74) is 2.25. The average Bonchev–Trinajstić information content (AvgIpc) is 3.09. The molecule has 0 spiro atoms. The van der Waals surface area contributed by atoms with E-state index in [2.05, 4.69) is 0 Å². The Morgan fingerprint density at radius 1 is 0.972 bits per heavy atom. The number of benzene rings is 3. The van der Waals surface area contributed by atoms with Crippen LogP contribution in [0.2, 0.25) is 5.02 Å². The quantitative estimate of drug-likeness (QED) is 0.252. The van der Waals surface area contributed by atoms with E-state index < -0.39 is 16.0 Å². The molecule has 0 bridgehead atoms. The van der Waals surface area contributed by atoms with E-state index in [1.54, 1.807) is 61.5 Å². The molecule has 0 aliphatic carbocycles. The van der Waals surface area contributed by atoms with Crippen LogP contribution in [0.5, 0.6) is 11.5 Å². The Morgan fingerprint density at radius 2 is 1.67 bits per heavy atom. The third-order valence-corrected chi connectivity index (χ3v) is 7.61. The first-order valence-electron chi connectivity index (χ1n) is 10.9. The molecule has 0 aromatic heterocycles. The minimum atomic E-state index is -4.08. The normalized spacial score (nSPS) is 15.0. The van der Waals surface area contributed by atoms with E-state index >= 15 is 0 Å². The van der Waals surface area contributed by atoms with Gasteiger partial charge in [-0.25, -0.2) is 0 Å². The first-order valence-corrected chi connectivity index (χ1v) is 13.5. The fourth-order valence-corrected chi connectivity index (χ4v) is 5.29. The Morgan fingerprint density at radius 3 is 2.33 bits per heavy atom. The van der Waals surface area contributed by atoms with Gasteiger partial charge in [-0.05, 0) is 79.2 Å². The summed E-state index contributed by atoms with van der Waals surface area (Å²) >= 11 is 6.74. The lowest BCUT2D eigenvalue weighted by Gasteiger charge is -2.13. The zero-order valence-electron chi connectivity index (χ0n) is 19.4. The van der Waals surface area contributed by atoms with Crippen LogP contribution in [0.25, 0.3) is 6.08 Å². The molecule has 0 N–H and O–H groups in total. The van der Waals surface area contributed by atoms with Crippen molar-refractivity contribution in [1.29, 1.82) is 0 Å². The van der Waals surface area contributed by atoms with Gasteiger partial charge in [0.05, 0.1) is 18.1 Å². The summed E-state index contributed by atoms with van der Waals surface area (Å²) in [6, 6.07) is 17.8. The molecule has 0 radical (unpaired) electrons. The van der Waals surface area contributed by atoms with Crippen molar-refractivity contribution < 1.29 is 26.9 Å². The molecular formula is C26H22ClNO6S2. The topological polar surface area (TPSA) is 90.0 Å². The highest BCUT2D eigenvalue weighted by molar-refractivity contribution is 8.18. The number of halogens is 1. The van der Waals surface area contributed by atoms with E-state index in [0.717, 1.165) is 27.8 Å². The Bertz CT molecular complexity index is 1430. The number of carbonyl (C=O) groups is 2. The van der Waals surface area contributed by atoms with Crippen molar-refractivity contribution in [3.63, 3.8) is 0 Å². The van der Waals surface area contributed by atoms with Crippen molar-refractivity contribution in [3.05, 3.63) is 93.3 Å². The molecule has 0 atom stereocenters. The van der Waals surface area contributed by atoms with Crippen LogP contribution in [0.4, 0.5) is 4.79 Å². The van der Waals surface area contributed by atoms with Crippen LogP contribution in [0.15, 0.2) is 76.5 Å². The average molecular weight is 544 g/mol. The van der Waals surface area contributed by atoms with E-state index in [4.69, 9.17) is 20.5 Å². The monoisotopic (exact) mass is 543 g/mol. The van der Waals surface area contributed by atoms with Gasteiger partial charge in [0.25, 0.3) is 11.1 Å². The lowest BCUT2D eigenvalue weighted by atomic mass is 10.1. The van der Waals surface area contributed by atoms with Crippen molar-refractivity contribution >= 4 is 50.7 Å². The number of ether oxygens (including phenoxy) is 1. The second-order valence-corrected chi connectivity index (χ2v) is 10.9. The van der Waals surface area contributed by atoms with Gasteiger partial charge in [0.1, 0.15) is 4.90 Å². The van der Waals surface area contributed by atoms with E-state index in [-0.39, 0.29) is 39.7 Å². The summed E-state index contributed by atoms with van der Waals surface area (Å²) in [5, 5.41) is 0.187. The number of hydrogen-bond donors (Lipinski definition) is 0. The van der Waals surface area contributed by atoms with Crippen LogP contribution in [0.3, 0.4) is 0 Å². The standard InChI is InChI=1S/C26H22ClNO6S2/c1-3-33-23-14-19(8-13-22(23)34-36(31,32)21-11-4-17(2)5-12-21)15-24-25(29)28(26(30)35-24)16-18-6-9-20(27)10-7-18/h4-15H,3,16H2,1-2H3/b24-15-. The van der Waals surface area contributed by atoms with E-state index in [0.29, 0.717) is 10.6 Å². The van der Waals surface area contributed by atoms with Crippen LogP contribution in [-0.2, 0) is 21.5 Å². The maximum absolute atomic E-state index is 12.9. The number of hydrogen-bond acceptors (Lipinski definition) is 7. The molecule has 36 heavy (non-hydrogen) atoms. The number of nitrogens with zero attached hydrogens (tertiary/aromatic N) is 1. The number of carbonyl (C=O) groups excluding carboxylic acids is 2. The van der Waals surface area contributed by atoms with Gasteiger partial charge in [0.15, 0.2) is 11.5 Å². The zero-order valence-corrected chi connectivity index (χ0v) is 21.8. The van der Waals surface area contributed by atoms with Gasteiger partial charge >= 0.3 is 10.1 Å². The summed E-state index contributed by atoms with van der Waals surface area (Å²) in [4.78, 5) is 26.8. The highest BCUT2D eigenvalue weighted by atomic mass is 35.5. The van der Waals surface area contributed by atoms with Gasteiger partial charge in [-0.3, -0.25) is 14.5 Å². The lowest BCUT2D eigenvalue weighted by Crippen LogP contribution is -2.27. The molecule has 4 rings (SSSR count). The molecule has 1 saturated heterocycles. The minimum absolute atomic E-state index is 0.0189. The fourth-order valence-electron chi connectivity index (χ4n) is 3.38. The smallest absolute Gasteiger partial charge is 0.339 e. The second kappa shape index (κ2) is 10.8. The summed E-state index contributed by atoms with van der Waals surface area (Å²) in [5.74, 6) is -0.201. The molecule has 10 heteroatoms. The zero-order chi connectivity index (χ0) is 25.9. The molecule has 7 nitrogen and oxygen atoms in total. The van der Waals surface area contributed by atoms with Crippen LogP contribution >= 0.6 is 23.4 Å². The molecular weight excluding hydrogens is 522 g/mol. The van der Waals surface area contributed by atoms with E-state index in [1.165, 1.54) is 18.2 Å². The highest BCUT2D eigenvalue weighted by Gasteiger charge is 2.35. The van der Waals surface area contributed by atoms with Crippen molar-refractivity contribution in [2.45, 2.75) is 25.3 Å². The Labute approximate surface area is 218 Å². The largest absolute Gasteiger partial charge is 0.490 e. The number of amides is 2. The Kier molecular flexibility index (Phi) is 7.73. The summed E-state index contributed by atoms with van der Waals surface area (Å²) in [6.45, 7) is 4.01. The maximum atomic E-state index is 12.9. The minimum Gasteiger partial charge on any atom is -0.490 e. The van der Waals surface area contributed by atoms with Gasteiger partial charge in [-0.1, -0.05) is 47.5 Å². The molecule has 1 heterocycles. The number of thioether (sulfide) groups is 1. The first-order chi connectivity index (χ1) is 17.2. The van der Waals surface area contributed by atoms with Crippen molar-refractivity contribution in [1.82, 2.24) is 4.90 Å². The number of aryl methyl sites for hydroxylation is 1. The predicted octanol–water partition coefficient (Wildman–Crippen LogP) is 6.05. The lowest BCUT2D eigenvalue weighted by molar-refractivity contribution is -0.123. The Hall–Kier alpha value is -3.27. The van der Waals surface area contributed by atoms with Crippen LogP contribution in [0.1, 0.15) is 23.6 Å². The molecule has 186 valence electrons. The molecule has 0 saturated carbocycles. The SMILES string of the molecule is CCOc1cc(/C=C2\SC(=O)N(Cc3ccc(Cl)cc3)C2=O)ccc1OS(=O)(=O)c1ccc(C)cc1. The molecule has 1 aliphatic rings. The van der Waals surface area contributed by atoms with Gasteiger partial charge in [0, 0.05) is 5.02 Å². The van der Waals surface area contributed by atoms with Crippen molar-refractivity contribution in [2.24, 2.45) is 0 Å². The molecule has 1 aliphatic heterocycles.